The molecule has 2 unspecified atom stereocenters. The maximum atomic E-state index is 13.1. The van der Waals surface area contributed by atoms with Crippen LogP contribution in [0.15, 0.2) is 78.9 Å². The third-order valence-corrected chi connectivity index (χ3v) is 6.39. The van der Waals surface area contributed by atoms with E-state index in [4.69, 9.17) is 4.74 Å². The van der Waals surface area contributed by atoms with Crippen LogP contribution in [0.1, 0.15) is 42.5 Å². The third-order valence-electron chi connectivity index (χ3n) is 6.39. The highest BCUT2D eigenvalue weighted by Crippen LogP contribution is 2.41. The summed E-state index contributed by atoms with van der Waals surface area (Å²) in [6, 6.07) is 25.4. The van der Waals surface area contributed by atoms with E-state index < -0.39 is 6.10 Å². The number of fused-ring (bicyclic) bond motifs is 1. The molecule has 1 N–H and O–H groups in total. The molecule has 2 aliphatic rings. The van der Waals surface area contributed by atoms with Crippen LogP contribution in [0.4, 0.5) is 5.69 Å². The van der Waals surface area contributed by atoms with Crippen LogP contribution in [-0.2, 0) is 16.0 Å². The van der Waals surface area contributed by atoms with Crippen molar-refractivity contribution >= 4 is 17.5 Å². The van der Waals surface area contributed by atoms with Gasteiger partial charge in [-0.15, -0.1) is 0 Å². The van der Waals surface area contributed by atoms with Gasteiger partial charge in [0.05, 0.1) is 6.04 Å². The fourth-order valence-electron chi connectivity index (χ4n) is 4.49. The summed E-state index contributed by atoms with van der Waals surface area (Å²) in [5.74, 6) is 0.838. The first-order valence-electron chi connectivity index (χ1n) is 11.6. The van der Waals surface area contributed by atoms with Crippen LogP contribution in [0.3, 0.4) is 0 Å². The summed E-state index contributed by atoms with van der Waals surface area (Å²) in [6.07, 6.45) is 2.13. The number of ether oxygens (including phenoxy) is 1. The lowest BCUT2D eigenvalue weighted by atomic mass is 9.87. The Bertz CT molecular complexity index is 1140. The van der Waals surface area contributed by atoms with Crippen molar-refractivity contribution < 1.29 is 14.3 Å². The molecule has 0 spiro atoms. The number of hydrogen-bond donors (Lipinski definition) is 1. The van der Waals surface area contributed by atoms with E-state index >= 15 is 0 Å². The molecule has 2 atom stereocenters. The van der Waals surface area contributed by atoms with Gasteiger partial charge in [-0.05, 0) is 67.1 Å². The molecular formula is C28H28N2O3. The lowest BCUT2D eigenvalue weighted by Gasteiger charge is -2.38. The van der Waals surface area contributed by atoms with Crippen LogP contribution < -0.4 is 10.1 Å². The Balaban J connectivity index is 1.40. The van der Waals surface area contributed by atoms with Gasteiger partial charge in [0.25, 0.3) is 5.91 Å². The molecule has 168 valence electrons. The van der Waals surface area contributed by atoms with E-state index in [9.17, 15) is 9.59 Å². The Labute approximate surface area is 194 Å². The van der Waals surface area contributed by atoms with Gasteiger partial charge in [0.2, 0.25) is 5.91 Å². The molecule has 1 heterocycles. The average Bonchev–Trinajstić information content (AvgIpc) is 3.69. The van der Waals surface area contributed by atoms with Crippen LogP contribution in [0, 0.1) is 5.92 Å². The Hall–Kier alpha value is -3.60. The topological polar surface area (TPSA) is 58.6 Å². The van der Waals surface area contributed by atoms with Gasteiger partial charge in [-0.1, -0.05) is 54.6 Å². The molecule has 5 nitrogen and oxygen atoms in total. The maximum Gasteiger partial charge on any atom is 0.265 e. The molecule has 1 aliphatic heterocycles. The molecule has 2 amide bonds. The fraction of sp³-hybridized carbons (Fsp3) is 0.286. The average molecular weight is 441 g/mol. The number of carbonyl (C=O) groups excluding carboxylic acids is 2. The number of carbonyl (C=O) groups is 2. The first-order valence-corrected chi connectivity index (χ1v) is 11.6. The van der Waals surface area contributed by atoms with E-state index in [-0.39, 0.29) is 23.8 Å². The van der Waals surface area contributed by atoms with Crippen molar-refractivity contribution in [3.05, 3.63) is 95.6 Å². The number of amides is 2. The molecule has 1 aliphatic carbocycles. The van der Waals surface area contributed by atoms with Crippen molar-refractivity contribution in [2.24, 2.45) is 5.92 Å². The predicted octanol–water partition coefficient (Wildman–Crippen LogP) is 4.98. The molecule has 1 saturated carbocycles. The highest BCUT2D eigenvalue weighted by molar-refractivity contribution is 5.94. The molecular weight excluding hydrogens is 412 g/mol. The minimum atomic E-state index is -0.661. The van der Waals surface area contributed by atoms with E-state index in [1.54, 1.807) is 6.92 Å². The third kappa shape index (κ3) is 4.63. The highest BCUT2D eigenvalue weighted by atomic mass is 16.5. The van der Waals surface area contributed by atoms with Crippen LogP contribution in [-0.4, -0.2) is 29.4 Å². The number of hydrogen-bond acceptors (Lipinski definition) is 3. The molecule has 0 aromatic heterocycles. The van der Waals surface area contributed by atoms with Crippen LogP contribution in [0.25, 0.3) is 0 Å². The number of nitrogens with one attached hydrogen (secondary N) is 1. The summed E-state index contributed by atoms with van der Waals surface area (Å²) >= 11 is 0. The second kappa shape index (κ2) is 9.10. The van der Waals surface area contributed by atoms with Crippen LogP contribution >= 0.6 is 0 Å². The standard InChI is InChI=1S/C28H28N2O3/c1-19(27(31)29-23-10-6-3-7-11-23)33-24-15-14-20-16-17-30(28(32)22-12-13-22)26(25(20)18-24)21-8-4-2-5-9-21/h2-11,14-15,18-19,22,26H,12-13,16-17H2,1H3,(H,29,31). The summed E-state index contributed by atoms with van der Waals surface area (Å²) in [4.78, 5) is 27.8. The van der Waals surface area contributed by atoms with Gasteiger partial charge in [-0.3, -0.25) is 9.59 Å². The Morgan fingerprint density at radius 2 is 1.67 bits per heavy atom. The molecule has 0 bridgehead atoms. The zero-order valence-electron chi connectivity index (χ0n) is 18.7. The molecule has 3 aromatic rings. The van der Waals surface area contributed by atoms with Gasteiger partial charge in [-0.25, -0.2) is 0 Å². The summed E-state index contributed by atoms with van der Waals surface area (Å²) in [6.45, 7) is 2.47. The zero-order valence-corrected chi connectivity index (χ0v) is 18.7. The van der Waals surface area contributed by atoms with Gasteiger partial charge in [-0.2, -0.15) is 0 Å². The van der Waals surface area contributed by atoms with Gasteiger partial charge in [0, 0.05) is 18.2 Å². The van der Waals surface area contributed by atoms with E-state index in [1.165, 1.54) is 5.56 Å². The van der Waals surface area contributed by atoms with Crippen molar-refractivity contribution in [1.29, 1.82) is 0 Å². The van der Waals surface area contributed by atoms with Crippen molar-refractivity contribution in [1.82, 2.24) is 4.90 Å². The predicted molar refractivity (Wildman–Crippen MR) is 128 cm³/mol. The molecule has 3 aromatic carbocycles. The molecule has 1 fully saturated rings. The SMILES string of the molecule is CC(Oc1ccc2c(c1)C(c1ccccc1)N(C(=O)C1CC1)CC2)C(=O)Nc1ccccc1. The normalized spacial score (nSPS) is 18.2. The monoisotopic (exact) mass is 440 g/mol. The molecule has 0 saturated heterocycles. The number of anilines is 1. The zero-order chi connectivity index (χ0) is 22.8. The van der Waals surface area contributed by atoms with Crippen molar-refractivity contribution in [2.75, 3.05) is 11.9 Å². The van der Waals surface area contributed by atoms with Crippen molar-refractivity contribution in [2.45, 2.75) is 38.3 Å². The van der Waals surface area contributed by atoms with Gasteiger partial charge < -0.3 is 15.0 Å². The Morgan fingerprint density at radius 3 is 2.36 bits per heavy atom. The molecule has 33 heavy (non-hydrogen) atoms. The minimum Gasteiger partial charge on any atom is -0.481 e. The van der Waals surface area contributed by atoms with E-state index in [0.717, 1.165) is 42.6 Å². The van der Waals surface area contributed by atoms with Crippen molar-refractivity contribution in [3.8, 4) is 5.75 Å². The summed E-state index contributed by atoms with van der Waals surface area (Å²) in [5.41, 5.74) is 4.13. The summed E-state index contributed by atoms with van der Waals surface area (Å²) in [7, 11) is 0. The smallest absolute Gasteiger partial charge is 0.265 e. The highest BCUT2D eigenvalue weighted by Gasteiger charge is 2.39. The number of nitrogens with zero attached hydrogens (tertiary/aromatic N) is 1. The fourth-order valence-corrected chi connectivity index (χ4v) is 4.49. The molecule has 0 radical (unpaired) electrons. The van der Waals surface area contributed by atoms with Crippen molar-refractivity contribution in [3.63, 3.8) is 0 Å². The molecule has 5 rings (SSSR count). The Kier molecular flexibility index (Phi) is 5.86. The quantitative estimate of drug-likeness (QED) is 0.588. The second-order valence-corrected chi connectivity index (χ2v) is 8.85. The summed E-state index contributed by atoms with van der Waals surface area (Å²) < 4.78 is 6.04. The number of para-hydroxylation sites is 1. The first-order chi connectivity index (χ1) is 16.1. The number of rotatable bonds is 6. The number of benzene rings is 3. The van der Waals surface area contributed by atoms with Gasteiger partial charge in [0.1, 0.15) is 5.75 Å². The lowest BCUT2D eigenvalue weighted by Crippen LogP contribution is -2.41. The minimum absolute atomic E-state index is 0.139. The van der Waals surface area contributed by atoms with Gasteiger partial charge >= 0.3 is 0 Å². The lowest BCUT2D eigenvalue weighted by molar-refractivity contribution is -0.134. The first kappa shape index (κ1) is 21.3. The maximum absolute atomic E-state index is 13.1. The largest absolute Gasteiger partial charge is 0.481 e. The summed E-state index contributed by atoms with van der Waals surface area (Å²) in [5, 5.41) is 2.88. The van der Waals surface area contributed by atoms with Crippen LogP contribution in [0.2, 0.25) is 0 Å². The van der Waals surface area contributed by atoms with E-state index in [2.05, 4.69) is 23.5 Å². The Morgan fingerprint density at radius 1 is 0.970 bits per heavy atom. The molecule has 5 heteroatoms. The van der Waals surface area contributed by atoms with E-state index in [0.29, 0.717) is 5.75 Å². The van der Waals surface area contributed by atoms with E-state index in [1.807, 2.05) is 65.6 Å². The second-order valence-electron chi connectivity index (χ2n) is 8.85. The van der Waals surface area contributed by atoms with Crippen LogP contribution in [0.5, 0.6) is 5.75 Å². The van der Waals surface area contributed by atoms with Gasteiger partial charge in [0.15, 0.2) is 6.10 Å².